The molecule has 0 aliphatic carbocycles. The molecular weight excluding hydrogens is 368 g/mol. The summed E-state index contributed by atoms with van der Waals surface area (Å²) in [4.78, 5) is 9.91. The fraction of sp³-hybridized carbons (Fsp3) is 0. The van der Waals surface area contributed by atoms with E-state index in [9.17, 15) is 23.6 Å². The molecule has 3 aromatic rings. The predicted molar refractivity (Wildman–Crippen MR) is 94.5 cm³/mol. The van der Waals surface area contributed by atoms with E-state index in [1.165, 1.54) is 24.3 Å². The molecule has 0 fully saturated rings. The van der Waals surface area contributed by atoms with Gasteiger partial charge in [-0.2, -0.15) is 0 Å². The quantitative estimate of drug-likeness (QED) is 0.406. The van der Waals surface area contributed by atoms with Crippen molar-refractivity contribution in [2.45, 2.75) is 4.90 Å². The summed E-state index contributed by atoms with van der Waals surface area (Å²) >= 11 is 5.96. The van der Waals surface area contributed by atoms with Crippen LogP contribution < -0.4 is 4.72 Å². The Hall–Kier alpha value is -2.84. The summed E-state index contributed by atoms with van der Waals surface area (Å²) < 4.78 is 27.5. The van der Waals surface area contributed by atoms with E-state index in [4.69, 9.17) is 11.6 Å². The molecule has 0 amide bonds. The van der Waals surface area contributed by atoms with E-state index in [-0.39, 0.29) is 27.0 Å². The molecular formula is C16H11ClN2O5S. The molecule has 25 heavy (non-hydrogen) atoms. The number of phenolic OH excluding ortho intramolecular Hbond substituents is 1. The van der Waals surface area contributed by atoms with Crippen LogP contribution in [0.2, 0.25) is 5.02 Å². The third-order valence-electron chi connectivity index (χ3n) is 3.55. The van der Waals surface area contributed by atoms with Gasteiger partial charge in [-0.05, 0) is 12.1 Å². The minimum absolute atomic E-state index is 0.0181. The molecule has 0 bridgehead atoms. The number of hydrogen-bond acceptors (Lipinski definition) is 5. The Balaban J connectivity index is 2.11. The van der Waals surface area contributed by atoms with Gasteiger partial charge in [0.15, 0.2) is 0 Å². The number of nitro benzene ring substituents is 1. The van der Waals surface area contributed by atoms with E-state index in [1.807, 2.05) is 0 Å². The molecule has 0 saturated carbocycles. The van der Waals surface area contributed by atoms with Crippen molar-refractivity contribution in [2.75, 3.05) is 4.72 Å². The number of halogens is 1. The summed E-state index contributed by atoms with van der Waals surface area (Å²) in [7, 11) is -4.09. The van der Waals surface area contributed by atoms with Gasteiger partial charge in [-0.1, -0.05) is 41.9 Å². The standard InChI is InChI=1S/C16H11ClN2O5S/c17-14-9-15(12-6-1-2-7-13(12)16(14)20)18-25(23,24)11-5-3-4-10(8-11)19(21)22/h1-9,18,20H. The number of rotatable bonds is 4. The smallest absolute Gasteiger partial charge is 0.270 e. The van der Waals surface area contributed by atoms with Gasteiger partial charge in [-0.15, -0.1) is 0 Å². The van der Waals surface area contributed by atoms with Gasteiger partial charge in [-0.25, -0.2) is 8.42 Å². The minimum Gasteiger partial charge on any atom is -0.506 e. The molecule has 0 aliphatic rings. The van der Waals surface area contributed by atoms with Crippen LogP contribution in [0.5, 0.6) is 5.75 Å². The van der Waals surface area contributed by atoms with Gasteiger partial charge in [0.05, 0.1) is 20.5 Å². The van der Waals surface area contributed by atoms with Gasteiger partial charge in [0.2, 0.25) is 0 Å². The Bertz CT molecular complexity index is 1100. The second kappa shape index (κ2) is 6.23. The Morgan fingerprint density at radius 1 is 1.04 bits per heavy atom. The molecule has 0 spiro atoms. The van der Waals surface area contributed by atoms with E-state index in [2.05, 4.69) is 4.72 Å². The van der Waals surface area contributed by atoms with Gasteiger partial charge >= 0.3 is 0 Å². The number of non-ortho nitro benzene ring substituents is 1. The van der Waals surface area contributed by atoms with Crippen LogP contribution in [-0.2, 0) is 10.0 Å². The SMILES string of the molecule is O=[N+]([O-])c1cccc(S(=O)(=O)Nc2cc(Cl)c(O)c3ccccc23)c1. The largest absolute Gasteiger partial charge is 0.506 e. The highest BCUT2D eigenvalue weighted by molar-refractivity contribution is 7.92. The maximum absolute atomic E-state index is 12.6. The van der Waals surface area contributed by atoms with Crippen LogP contribution in [0, 0.1) is 10.1 Å². The number of hydrogen-bond donors (Lipinski definition) is 2. The molecule has 0 unspecified atom stereocenters. The summed E-state index contributed by atoms with van der Waals surface area (Å²) in [5, 5.41) is 21.7. The van der Waals surface area contributed by atoms with Crippen molar-refractivity contribution in [3.05, 3.63) is 69.7 Å². The summed E-state index contributed by atoms with van der Waals surface area (Å²) in [5.41, 5.74) is -0.179. The molecule has 3 rings (SSSR count). The maximum Gasteiger partial charge on any atom is 0.270 e. The average molecular weight is 379 g/mol. The number of benzene rings is 3. The summed E-state index contributed by atoms with van der Waals surface area (Å²) in [6, 6.07) is 12.6. The Labute approximate surface area is 147 Å². The molecule has 0 saturated heterocycles. The van der Waals surface area contributed by atoms with E-state index in [0.717, 1.165) is 6.07 Å². The predicted octanol–water partition coefficient (Wildman–Crippen LogP) is 3.91. The Morgan fingerprint density at radius 2 is 1.72 bits per heavy atom. The maximum atomic E-state index is 12.6. The van der Waals surface area contributed by atoms with Crippen molar-refractivity contribution < 1.29 is 18.4 Å². The Morgan fingerprint density at radius 3 is 2.40 bits per heavy atom. The molecule has 128 valence electrons. The van der Waals surface area contributed by atoms with Crippen LogP contribution in [-0.4, -0.2) is 18.4 Å². The van der Waals surface area contributed by atoms with Crippen LogP contribution in [0.25, 0.3) is 10.8 Å². The first-order chi connectivity index (χ1) is 11.8. The van der Waals surface area contributed by atoms with Crippen molar-refractivity contribution in [1.82, 2.24) is 0 Å². The molecule has 9 heteroatoms. The number of fused-ring (bicyclic) bond motifs is 1. The summed E-state index contributed by atoms with van der Waals surface area (Å²) in [6.45, 7) is 0. The van der Waals surface area contributed by atoms with Crippen LogP contribution in [0.3, 0.4) is 0 Å². The van der Waals surface area contributed by atoms with Crippen LogP contribution in [0.1, 0.15) is 0 Å². The first-order valence-corrected chi connectivity index (χ1v) is 8.83. The fourth-order valence-electron chi connectivity index (χ4n) is 2.38. The highest BCUT2D eigenvalue weighted by Gasteiger charge is 2.20. The fourth-order valence-corrected chi connectivity index (χ4v) is 3.70. The number of nitro groups is 1. The molecule has 0 atom stereocenters. The number of phenols is 1. The van der Waals surface area contributed by atoms with Gasteiger partial charge < -0.3 is 5.11 Å². The summed E-state index contributed by atoms with van der Waals surface area (Å²) in [5.74, 6) is -0.157. The zero-order chi connectivity index (χ0) is 18.2. The van der Waals surface area contributed by atoms with Gasteiger partial charge in [0.1, 0.15) is 5.75 Å². The van der Waals surface area contributed by atoms with E-state index in [1.54, 1.807) is 24.3 Å². The highest BCUT2D eigenvalue weighted by Crippen LogP contribution is 2.38. The first-order valence-electron chi connectivity index (χ1n) is 6.97. The van der Waals surface area contributed by atoms with Crippen LogP contribution in [0.15, 0.2) is 59.5 Å². The van der Waals surface area contributed by atoms with Gasteiger partial charge in [0, 0.05) is 22.9 Å². The lowest BCUT2D eigenvalue weighted by molar-refractivity contribution is -0.385. The van der Waals surface area contributed by atoms with Gasteiger partial charge in [0.25, 0.3) is 15.7 Å². The third-order valence-corrected chi connectivity index (χ3v) is 5.20. The number of aromatic hydroxyl groups is 1. The molecule has 7 nitrogen and oxygen atoms in total. The number of nitrogens with one attached hydrogen (secondary N) is 1. The third kappa shape index (κ3) is 3.21. The molecule has 0 radical (unpaired) electrons. The topological polar surface area (TPSA) is 110 Å². The second-order valence-corrected chi connectivity index (χ2v) is 7.25. The highest BCUT2D eigenvalue weighted by atomic mass is 35.5. The normalized spacial score (nSPS) is 11.4. The molecule has 0 aliphatic heterocycles. The van der Waals surface area contributed by atoms with E-state index in [0.29, 0.717) is 10.8 Å². The Kier molecular flexibility index (Phi) is 4.23. The zero-order valence-corrected chi connectivity index (χ0v) is 14.1. The molecule has 3 aromatic carbocycles. The monoisotopic (exact) mass is 378 g/mol. The lowest BCUT2D eigenvalue weighted by Crippen LogP contribution is -2.13. The number of anilines is 1. The van der Waals surface area contributed by atoms with Crippen molar-refractivity contribution in [2.24, 2.45) is 0 Å². The zero-order valence-electron chi connectivity index (χ0n) is 12.5. The van der Waals surface area contributed by atoms with Gasteiger partial charge in [-0.3, -0.25) is 14.8 Å². The van der Waals surface area contributed by atoms with E-state index < -0.39 is 14.9 Å². The number of sulfonamides is 1. The lowest BCUT2D eigenvalue weighted by atomic mass is 10.1. The first kappa shape index (κ1) is 17.0. The van der Waals surface area contributed by atoms with Crippen molar-refractivity contribution in [3.8, 4) is 5.75 Å². The van der Waals surface area contributed by atoms with E-state index >= 15 is 0 Å². The second-order valence-electron chi connectivity index (χ2n) is 5.16. The lowest BCUT2D eigenvalue weighted by Gasteiger charge is -2.13. The average Bonchev–Trinajstić information content (AvgIpc) is 2.59. The van der Waals surface area contributed by atoms with Crippen molar-refractivity contribution >= 4 is 43.8 Å². The minimum atomic E-state index is -4.09. The molecule has 2 N–H and O–H groups in total. The van der Waals surface area contributed by atoms with Crippen molar-refractivity contribution in [1.29, 1.82) is 0 Å². The molecule has 0 heterocycles. The van der Waals surface area contributed by atoms with Crippen LogP contribution >= 0.6 is 11.6 Å². The van der Waals surface area contributed by atoms with Crippen LogP contribution in [0.4, 0.5) is 11.4 Å². The number of nitrogens with zero attached hydrogens (tertiary/aromatic N) is 1. The summed E-state index contributed by atoms with van der Waals surface area (Å²) in [6.07, 6.45) is 0. The molecule has 0 aromatic heterocycles. The van der Waals surface area contributed by atoms with Crippen molar-refractivity contribution in [3.63, 3.8) is 0 Å².